The van der Waals surface area contributed by atoms with Gasteiger partial charge in [-0.2, -0.15) is 0 Å². The first-order chi connectivity index (χ1) is 5.93. The maximum atomic E-state index is 11.0. The maximum absolute atomic E-state index is 11.0. The molecule has 0 aliphatic carbocycles. The monoisotopic (exact) mass is 187 g/mol. The minimum atomic E-state index is -1.24. The van der Waals surface area contributed by atoms with Gasteiger partial charge >= 0.3 is 6.09 Å². The van der Waals surface area contributed by atoms with Crippen molar-refractivity contribution in [2.24, 2.45) is 4.99 Å². The van der Waals surface area contributed by atoms with Gasteiger partial charge in [-0.05, 0) is 6.92 Å². The van der Waals surface area contributed by atoms with E-state index in [4.69, 9.17) is 5.11 Å². The number of hydrogen-bond donors (Lipinski definition) is 2. The van der Waals surface area contributed by atoms with E-state index in [9.17, 15) is 9.59 Å². The molecule has 0 bridgehead atoms. The Hall–Kier alpha value is -1.59. The molecular weight excluding hydrogens is 174 g/mol. The fraction of sp³-hybridized carbons (Fsp3) is 0.571. The highest BCUT2D eigenvalue weighted by Gasteiger charge is 2.12. The summed E-state index contributed by atoms with van der Waals surface area (Å²) in [5.41, 5.74) is 0. The van der Waals surface area contributed by atoms with E-state index in [-0.39, 0.29) is 0 Å². The molecule has 0 aromatic rings. The van der Waals surface area contributed by atoms with Gasteiger partial charge in [0.2, 0.25) is 0 Å². The van der Waals surface area contributed by atoms with Crippen LogP contribution in [0.1, 0.15) is 6.92 Å². The van der Waals surface area contributed by atoms with E-state index in [0.717, 1.165) is 0 Å². The molecule has 74 valence electrons. The van der Waals surface area contributed by atoms with Gasteiger partial charge in [0, 0.05) is 14.1 Å². The van der Waals surface area contributed by atoms with E-state index >= 15 is 0 Å². The fourth-order valence-corrected chi connectivity index (χ4v) is 0.531. The summed E-state index contributed by atoms with van der Waals surface area (Å²) in [5, 5.41) is 10.3. The second-order valence-electron chi connectivity index (χ2n) is 2.72. The summed E-state index contributed by atoms with van der Waals surface area (Å²) in [6.45, 7) is 1.43. The first kappa shape index (κ1) is 11.4. The molecule has 0 saturated heterocycles. The lowest BCUT2D eigenvalue weighted by Gasteiger charge is -2.07. The van der Waals surface area contributed by atoms with E-state index in [0.29, 0.717) is 0 Å². The maximum Gasteiger partial charge on any atom is 0.405 e. The zero-order valence-electron chi connectivity index (χ0n) is 7.81. The highest BCUT2D eigenvalue weighted by atomic mass is 16.4. The smallest absolute Gasteiger partial charge is 0.405 e. The van der Waals surface area contributed by atoms with Crippen molar-refractivity contribution in [3.05, 3.63) is 0 Å². The number of nitrogens with one attached hydrogen (secondary N) is 1. The van der Waals surface area contributed by atoms with Gasteiger partial charge in [-0.25, -0.2) is 9.79 Å². The van der Waals surface area contributed by atoms with Crippen LogP contribution in [0.5, 0.6) is 0 Å². The van der Waals surface area contributed by atoms with Crippen molar-refractivity contribution in [3.63, 3.8) is 0 Å². The van der Waals surface area contributed by atoms with Crippen LogP contribution in [0.15, 0.2) is 4.99 Å². The molecule has 0 spiro atoms. The Balaban J connectivity index is 4.03. The Kier molecular flexibility index (Phi) is 4.50. The Morgan fingerprint density at radius 2 is 2.08 bits per heavy atom. The van der Waals surface area contributed by atoms with Gasteiger partial charge in [0.25, 0.3) is 5.91 Å². The predicted octanol–water partition coefficient (Wildman–Crippen LogP) is -0.241. The van der Waals surface area contributed by atoms with Crippen molar-refractivity contribution < 1.29 is 14.7 Å². The number of amides is 2. The lowest BCUT2D eigenvalue weighted by atomic mass is 10.3. The van der Waals surface area contributed by atoms with Crippen LogP contribution in [0.2, 0.25) is 0 Å². The van der Waals surface area contributed by atoms with Crippen molar-refractivity contribution in [2.75, 3.05) is 14.1 Å². The van der Waals surface area contributed by atoms with Crippen LogP contribution in [-0.2, 0) is 4.79 Å². The third-order valence-electron chi connectivity index (χ3n) is 1.13. The van der Waals surface area contributed by atoms with Crippen LogP contribution in [0.4, 0.5) is 4.79 Å². The first-order valence-electron chi connectivity index (χ1n) is 3.67. The zero-order chi connectivity index (χ0) is 10.4. The van der Waals surface area contributed by atoms with E-state index in [1.165, 1.54) is 13.3 Å². The number of hydrogen-bond acceptors (Lipinski definition) is 2. The Labute approximate surface area is 76.3 Å². The van der Waals surface area contributed by atoms with E-state index < -0.39 is 18.0 Å². The quantitative estimate of drug-likeness (QED) is 0.472. The topological polar surface area (TPSA) is 82.0 Å². The highest BCUT2D eigenvalue weighted by molar-refractivity contribution is 5.90. The van der Waals surface area contributed by atoms with Crippen LogP contribution in [0.3, 0.4) is 0 Å². The summed E-state index contributed by atoms with van der Waals surface area (Å²) in [6.07, 6.45) is 0.0865. The molecule has 6 nitrogen and oxygen atoms in total. The molecule has 1 atom stereocenters. The molecule has 1 unspecified atom stereocenters. The third kappa shape index (κ3) is 5.66. The molecule has 0 aromatic heterocycles. The van der Waals surface area contributed by atoms with Gasteiger partial charge in [-0.1, -0.05) is 0 Å². The second kappa shape index (κ2) is 5.13. The summed E-state index contributed by atoms with van der Waals surface area (Å²) < 4.78 is 0. The molecule has 0 fully saturated rings. The summed E-state index contributed by atoms with van der Waals surface area (Å²) in [6, 6.07) is -0.811. The summed E-state index contributed by atoms with van der Waals surface area (Å²) in [4.78, 5) is 26.3. The van der Waals surface area contributed by atoms with Crippen LogP contribution in [0.25, 0.3) is 0 Å². The molecule has 0 aliphatic rings. The molecule has 0 heterocycles. The molecule has 0 aliphatic heterocycles. The van der Waals surface area contributed by atoms with Crippen molar-refractivity contribution in [3.8, 4) is 0 Å². The zero-order valence-corrected chi connectivity index (χ0v) is 7.81. The molecule has 13 heavy (non-hydrogen) atoms. The summed E-state index contributed by atoms with van der Waals surface area (Å²) in [7, 11) is 3.43. The Bertz CT molecular complexity index is 225. The molecule has 2 N–H and O–H groups in total. The van der Waals surface area contributed by atoms with Gasteiger partial charge in [-0.15, -0.1) is 0 Å². The largest absolute Gasteiger partial charge is 0.465 e. The Morgan fingerprint density at radius 1 is 1.54 bits per heavy atom. The molecule has 0 radical (unpaired) electrons. The predicted molar refractivity (Wildman–Crippen MR) is 47.8 cm³/mol. The SMILES string of the molecule is CC(NC(=O)O)C(=O)/N=C/N(C)C. The standard InChI is InChI=1S/C7H13N3O3/c1-5(9-7(12)13)6(11)8-4-10(2)3/h4-5,9H,1-3H3,(H,12,13)/b8-4+. The minimum Gasteiger partial charge on any atom is -0.465 e. The number of carboxylic acid groups (broad SMARTS) is 1. The van der Waals surface area contributed by atoms with Gasteiger partial charge in [0.15, 0.2) is 0 Å². The highest BCUT2D eigenvalue weighted by Crippen LogP contribution is 1.86. The van der Waals surface area contributed by atoms with Gasteiger partial charge in [-0.3, -0.25) is 4.79 Å². The number of carbonyl (C=O) groups excluding carboxylic acids is 1. The van der Waals surface area contributed by atoms with Crippen LogP contribution in [-0.4, -0.2) is 48.5 Å². The van der Waals surface area contributed by atoms with Gasteiger partial charge in [0.05, 0.1) is 6.34 Å². The van der Waals surface area contributed by atoms with E-state index in [1.54, 1.807) is 19.0 Å². The number of carbonyl (C=O) groups is 2. The normalized spacial score (nSPS) is 12.5. The second-order valence-corrected chi connectivity index (χ2v) is 2.72. The summed E-state index contributed by atoms with van der Waals surface area (Å²) in [5.74, 6) is -0.517. The molecule has 6 heteroatoms. The van der Waals surface area contributed by atoms with E-state index in [2.05, 4.69) is 4.99 Å². The molecule has 0 saturated carbocycles. The third-order valence-corrected chi connectivity index (χ3v) is 1.13. The number of aliphatic imine (C=N–C) groups is 1. The lowest BCUT2D eigenvalue weighted by Crippen LogP contribution is -2.36. The van der Waals surface area contributed by atoms with Crippen molar-refractivity contribution in [2.45, 2.75) is 13.0 Å². The first-order valence-corrected chi connectivity index (χ1v) is 3.67. The van der Waals surface area contributed by atoms with Gasteiger partial charge in [0.1, 0.15) is 6.04 Å². The van der Waals surface area contributed by atoms with Crippen LogP contribution >= 0.6 is 0 Å². The summed E-state index contributed by atoms with van der Waals surface area (Å²) >= 11 is 0. The van der Waals surface area contributed by atoms with Crippen LogP contribution < -0.4 is 5.32 Å². The number of rotatable bonds is 3. The van der Waals surface area contributed by atoms with Crippen molar-refractivity contribution in [1.82, 2.24) is 10.2 Å². The molecular formula is C7H13N3O3. The molecule has 0 aromatic carbocycles. The van der Waals surface area contributed by atoms with Crippen molar-refractivity contribution in [1.29, 1.82) is 0 Å². The van der Waals surface area contributed by atoms with Crippen LogP contribution in [0, 0.1) is 0 Å². The Morgan fingerprint density at radius 3 is 2.46 bits per heavy atom. The number of nitrogens with zero attached hydrogens (tertiary/aromatic N) is 2. The molecule has 2 amide bonds. The average molecular weight is 187 g/mol. The lowest BCUT2D eigenvalue weighted by molar-refractivity contribution is -0.119. The van der Waals surface area contributed by atoms with Crippen molar-refractivity contribution >= 4 is 18.3 Å². The van der Waals surface area contributed by atoms with E-state index in [1.807, 2.05) is 5.32 Å². The van der Waals surface area contributed by atoms with Gasteiger partial charge < -0.3 is 15.3 Å². The molecule has 0 rings (SSSR count). The minimum absolute atomic E-state index is 0.517. The fourth-order valence-electron chi connectivity index (χ4n) is 0.531. The average Bonchev–Trinajstić information content (AvgIpc) is 1.98.